The van der Waals surface area contributed by atoms with Crippen molar-refractivity contribution in [2.24, 2.45) is 0 Å². The van der Waals surface area contributed by atoms with Crippen molar-refractivity contribution < 1.29 is 8.42 Å². The Kier molecular flexibility index (Phi) is 5.42. The maximum atomic E-state index is 12.3. The number of aryl methyl sites for hydroxylation is 1. The van der Waals surface area contributed by atoms with Gasteiger partial charge in [-0.3, -0.25) is 0 Å². The Bertz CT molecular complexity index is 684. The first-order chi connectivity index (χ1) is 9.40. The minimum Gasteiger partial charge on any atom is -0.210 e. The molecule has 0 bridgehead atoms. The summed E-state index contributed by atoms with van der Waals surface area (Å²) in [4.78, 5) is 1.05. The fourth-order valence-corrected chi connectivity index (χ4v) is 5.88. The molecule has 0 aliphatic rings. The molecule has 1 heterocycles. The van der Waals surface area contributed by atoms with Crippen LogP contribution in [0.1, 0.15) is 15.3 Å². The van der Waals surface area contributed by atoms with Crippen LogP contribution in [0.5, 0.6) is 0 Å². The van der Waals surface area contributed by atoms with Gasteiger partial charge in [-0.2, -0.15) is 0 Å². The van der Waals surface area contributed by atoms with E-state index in [1.165, 1.54) is 11.3 Å². The summed E-state index contributed by atoms with van der Waals surface area (Å²) >= 11 is 8.22. The molecule has 0 amide bonds. The van der Waals surface area contributed by atoms with Gasteiger partial charge < -0.3 is 0 Å². The molecule has 20 heavy (non-hydrogen) atoms. The van der Waals surface area contributed by atoms with Crippen molar-refractivity contribution in [3.63, 3.8) is 0 Å². The zero-order valence-electron chi connectivity index (χ0n) is 10.6. The highest BCUT2D eigenvalue weighted by atomic mass is 79.9. The zero-order valence-corrected chi connectivity index (χ0v) is 15.4. The molecule has 3 nitrogen and oxygen atoms in total. The summed E-state index contributed by atoms with van der Waals surface area (Å²) < 4.78 is 28.0. The largest absolute Gasteiger partial charge is 0.241 e. The van der Waals surface area contributed by atoms with E-state index in [0.29, 0.717) is 11.4 Å². The van der Waals surface area contributed by atoms with Gasteiger partial charge in [0.2, 0.25) is 10.0 Å². The summed E-state index contributed by atoms with van der Waals surface area (Å²) in [6.45, 7) is 2.10. The number of alkyl halides is 1. The van der Waals surface area contributed by atoms with Crippen LogP contribution in [0.2, 0.25) is 0 Å². The molecular weight excluding hydrogens is 426 g/mol. The van der Waals surface area contributed by atoms with Gasteiger partial charge in [0, 0.05) is 11.4 Å². The predicted molar refractivity (Wildman–Crippen MR) is 90.1 cm³/mol. The van der Waals surface area contributed by atoms with Gasteiger partial charge in [0.15, 0.2) is 0 Å². The first kappa shape index (κ1) is 16.2. The molecule has 1 N–H and O–H groups in total. The lowest BCUT2D eigenvalue weighted by molar-refractivity contribution is 0.581. The molecule has 7 heteroatoms. The third-order valence-corrected chi connectivity index (χ3v) is 6.83. The number of nitrogens with one attached hydrogen (secondary N) is 1. The number of halogens is 2. The van der Waals surface area contributed by atoms with E-state index in [-0.39, 0.29) is 4.83 Å². The molecule has 0 saturated heterocycles. The molecule has 0 aliphatic carbocycles. The van der Waals surface area contributed by atoms with Crippen molar-refractivity contribution in [3.8, 4) is 0 Å². The summed E-state index contributed by atoms with van der Waals surface area (Å²) in [5.41, 5.74) is 1.04. The molecule has 1 unspecified atom stereocenters. The van der Waals surface area contributed by atoms with Gasteiger partial charge in [-0.25, -0.2) is 13.1 Å². The normalized spacial score (nSPS) is 13.3. The number of hydrogen-bond acceptors (Lipinski definition) is 3. The van der Waals surface area contributed by atoms with Gasteiger partial charge in [-0.05, 0) is 34.5 Å². The fourth-order valence-electron chi connectivity index (χ4n) is 1.74. The minimum absolute atomic E-state index is 0.0548. The minimum atomic E-state index is -3.47. The van der Waals surface area contributed by atoms with E-state index < -0.39 is 10.0 Å². The molecule has 1 aromatic heterocycles. The SMILES string of the molecule is Cc1sc(Br)cc1S(=O)(=O)NCC(Br)c1ccccc1. The van der Waals surface area contributed by atoms with Crippen molar-refractivity contribution >= 4 is 53.2 Å². The molecule has 0 radical (unpaired) electrons. The molecule has 0 fully saturated rings. The molecular formula is C13H13Br2NO2S2. The molecule has 2 aromatic rings. The second kappa shape index (κ2) is 6.70. The number of rotatable bonds is 5. The first-order valence-corrected chi connectivity index (χ1v) is 9.85. The number of sulfonamides is 1. The number of benzene rings is 1. The zero-order chi connectivity index (χ0) is 14.8. The van der Waals surface area contributed by atoms with E-state index in [4.69, 9.17) is 0 Å². The smallest absolute Gasteiger partial charge is 0.210 e. The monoisotopic (exact) mass is 437 g/mol. The maximum Gasteiger partial charge on any atom is 0.241 e. The standard InChI is InChI=1S/C13H13Br2NO2S2/c1-9-12(7-13(15)19-9)20(17,18)16-8-11(14)10-5-3-2-4-6-10/h2-7,11,16H,8H2,1H3. The molecule has 108 valence electrons. The van der Waals surface area contributed by atoms with Crippen molar-refractivity contribution in [3.05, 3.63) is 50.6 Å². The summed E-state index contributed by atoms with van der Waals surface area (Å²) in [7, 11) is -3.47. The Labute approximate surface area is 139 Å². The third-order valence-electron chi connectivity index (χ3n) is 2.75. The predicted octanol–water partition coefficient (Wildman–Crippen LogP) is 4.23. The second-order valence-corrected chi connectivity index (χ2v) is 9.68. The van der Waals surface area contributed by atoms with Crippen molar-refractivity contribution in [2.75, 3.05) is 6.54 Å². The lowest BCUT2D eigenvalue weighted by atomic mass is 10.2. The van der Waals surface area contributed by atoms with Gasteiger partial charge in [0.25, 0.3) is 0 Å². The third kappa shape index (κ3) is 3.92. The Hall–Kier alpha value is -0.210. The van der Waals surface area contributed by atoms with Crippen LogP contribution >= 0.6 is 43.2 Å². The van der Waals surface area contributed by atoms with E-state index in [9.17, 15) is 8.42 Å². The molecule has 1 aromatic carbocycles. The lowest BCUT2D eigenvalue weighted by Gasteiger charge is -2.11. The van der Waals surface area contributed by atoms with Gasteiger partial charge in [0.1, 0.15) is 0 Å². The molecule has 1 atom stereocenters. The van der Waals surface area contributed by atoms with Crippen molar-refractivity contribution in [1.82, 2.24) is 4.72 Å². The molecule has 0 aliphatic heterocycles. The Morgan fingerprint density at radius 3 is 2.50 bits per heavy atom. The molecule has 0 spiro atoms. The van der Waals surface area contributed by atoms with Crippen molar-refractivity contribution in [1.29, 1.82) is 0 Å². The highest BCUT2D eigenvalue weighted by Gasteiger charge is 2.20. The molecule has 0 saturated carbocycles. The van der Waals surface area contributed by atoms with E-state index >= 15 is 0 Å². The van der Waals surface area contributed by atoms with E-state index in [1.807, 2.05) is 30.3 Å². The quantitative estimate of drug-likeness (QED) is 0.709. The Morgan fingerprint density at radius 1 is 1.30 bits per heavy atom. The first-order valence-electron chi connectivity index (χ1n) is 5.85. The van der Waals surface area contributed by atoms with Crippen LogP contribution in [0.4, 0.5) is 0 Å². The second-order valence-electron chi connectivity index (χ2n) is 4.20. The summed E-state index contributed by atoms with van der Waals surface area (Å²) in [6, 6.07) is 11.3. The molecule has 2 rings (SSSR count). The van der Waals surface area contributed by atoms with Crippen LogP contribution < -0.4 is 4.72 Å². The highest BCUT2D eigenvalue weighted by Crippen LogP contribution is 2.30. The Morgan fingerprint density at radius 2 is 1.95 bits per heavy atom. The summed E-state index contributed by atoms with van der Waals surface area (Å²) in [5, 5.41) is 0. The van der Waals surface area contributed by atoms with Gasteiger partial charge in [-0.1, -0.05) is 46.3 Å². The summed E-state index contributed by atoms with van der Waals surface area (Å²) in [6.07, 6.45) is 0. The summed E-state index contributed by atoms with van der Waals surface area (Å²) in [5.74, 6) is 0. The highest BCUT2D eigenvalue weighted by molar-refractivity contribution is 9.11. The topological polar surface area (TPSA) is 46.2 Å². The van der Waals surface area contributed by atoms with Crippen LogP contribution in [-0.4, -0.2) is 15.0 Å². The van der Waals surface area contributed by atoms with Crippen LogP contribution in [0.3, 0.4) is 0 Å². The van der Waals surface area contributed by atoms with Crippen LogP contribution in [0.15, 0.2) is 45.1 Å². The number of thiophene rings is 1. The number of hydrogen-bond donors (Lipinski definition) is 1. The Balaban J connectivity index is 2.08. The van der Waals surface area contributed by atoms with Crippen LogP contribution in [0, 0.1) is 6.92 Å². The van der Waals surface area contributed by atoms with Gasteiger partial charge in [-0.15, -0.1) is 11.3 Å². The maximum absolute atomic E-state index is 12.3. The van der Waals surface area contributed by atoms with Gasteiger partial charge in [0.05, 0.1) is 13.5 Å². The van der Waals surface area contributed by atoms with Crippen LogP contribution in [-0.2, 0) is 10.0 Å². The average Bonchev–Trinajstić information content (AvgIpc) is 2.77. The average molecular weight is 439 g/mol. The van der Waals surface area contributed by atoms with Crippen molar-refractivity contribution in [2.45, 2.75) is 16.6 Å². The van der Waals surface area contributed by atoms with E-state index in [0.717, 1.165) is 14.2 Å². The van der Waals surface area contributed by atoms with Gasteiger partial charge >= 0.3 is 0 Å². The van der Waals surface area contributed by atoms with E-state index in [1.54, 1.807) is 13.0 Å². The van der Waals surface area contributed by atoms with E-state index in [2.05, 4.69) is 36.6 Å². The fraction of sp³-hybridized carbons (Fsp3) is 0.231. The lowest BCUT2D eigenvalue weighted by Crippen LogP contribution is -2.27. The van der Waals surface area contributed by atoms with Crippen LogP contribution in [0.25, 0.3) is 0 Å².